The lowest BCUT2D eigenvalue weighted by molar-refractivity contribution is -0.142. The fourth-order valence-electron chi connectivity index (χ4n) is 2.59. The molecular weight excluding hydrogens is 271 g/mol. The molecule has 0 aliphatic heterocycles. The molecule has 0 radical (unpaired) electrons. The Morgan fingerprint density at radius 2 is 2.14 bits per heavy atom. The Kier molecular flexibility index (Phi) is 4.40. The van der Waals surface area contributed by atoms with Gasteiger partial charge in [-0.1, -0.05) is 12.1 Å². The van der Waals surface area contributed by atoms with Crippen LogP contribution in [0.15, 0.2) is 24.3 Å². The number of ether oxygens (including phenoxy) is 1. The molecule has 1 atom stereocenters. The number of halogens is 1. The molecule has 1 heterocycles. The van der Waals surface area contributed by atoms with Gasteiger partial charge >= 0.3 is 5.97 Å². The second-order valence-corrected chi connectivity index (χ2v) is 5.12. The molecule has 4 nitrogen and oxygen atoms in total. The van der Waals surface area contributed by atoms with Crippen molar-refractivity contribution in [1.29, 1.82) is 0 Å². The summed E-state index contributed by atoms with van der Waals surface area (Å²) in [6, 6.07) is 6.42. The van der Waals surface area contributed by atoms with Crippen molar-refractivity contribution >= 4 is 5.97 Å². The number of nitrogens with zero attached hydrogens (tertiary/aromatic N) is 2. The third-order valence-electron chi connectivity index (χ3n) is 3.65. The van der Waals surface area contributed by atoms with Crippen molar-refractivity contribution in [3.8, 4) is 0 Å². The van der Waals surface area contributed by atoms with Crippen LogP contribution in [0, 0.1) is 19.7 Å². The molecule has 2 rings (SSSR count). The van der Waals surface area contributed by atoms with E-state index in [9.17, 15) is 9.18 Å². The first-order chi connectivity index (χ1) is 9.93. The Bertz CT molecular complexity index is 664. The Hall–Kier alpha value is -2.17. The summed E-state index contributed by atoms with van der Waals surface area (Å²) < 4.78 is 19.8. The van der Waals surface area contributed by atoms with Gasteiger partial charge in [-0.15, -0.1) is 0 Å². The quantitative estimate of drug-likeness (QED) is 0.813. The minimum absolute atomic E-state index is 0.266. The number of hydrogen-bond donors (Lipinski definition) is 0. The maximum atomic E-state index is 13.2. The molecule has 21 heavy (non-hydrogen) atoms. The van der Waals surface area contributed by atoms with Gasteiger partial charge in [0.1, 0.15) is 5.82 Å². The second-order valence-electron chi connectivity index (χ2n) is 5.12. The van der Waals surface area contributed by atoms with Crippen LogP contribution >= 0.6 is 0 Å². The standard InChI is InChI=1S/C16H19FN2O2/c1-10(16(20)21-4)15-11(2)18-19(12(15)3)9-13-6-5-7-14(17)8-13/h5-8,10H,9H2,1-4H3. The Labute approximate surface area is 123 Å². The number of benzene rings is 1. The number of carbonyl (C=O) groups is 1. The molecule has 0 amide bonds. The highest BCUT2D eigenvalue weighted by Gasteiger charge is 2.23. The first-order valence-electron chi connectivity index (χ1n) is 6.80. The third-order valence-corrected chi connectivity index (χ3v) is 3.65. The zero-order valence-electron chi connectivity index (χ0n) is 12.7. The average Bonchev–Trinajstić information content (AvgIpc) is 2.72. The van der Waals surface area contributed by atoms with E-state index in [1.807, 2.05) is 19.9 Å². The number of aryl methyl sites for hydroxylation is 1. The molecule has 2 aromatic rings. The predicted molar refractivity (Wildman–Crippen MR) is 77.6 cm³/mol. The fourth-order valence-corrected chi connectivity index (χ4v) is 2.59. The van der Waals surface area contributed by atoms with Gasteiger partial charge in [-0.25, -0.2) is 4.39 Å². The van der Waals surface area contributed by atoms with Crippen LogP contribution in [-0.2, 0) is 16.1 Å². The molecule has 1 unspecified atom stereocenters. The van der Waals surface area contributed by atoms with E-state index in [0.717, 1.165) is 22.5 Å². The lowest BCUT2D eigenvalue weighted by atomic mass is 9.99. The minimum Gasteiger partial charge on any atom is -0.469 e. The van der Waals surface area contributed by atoms with E-state index in [-0.39, 0.29) is 17.7 Å². The van der Waals surface area contributed by atoms with E-state index in [0.29, 0.717) is 6.54 Å². The third kappa shape index (κ3) is 3.12. The summed E-state index contributed by atoms with van der Waals surface area (Å²) in [5.74, 6) is -0.917. The molecule has 0 N–H and O–H groups in total. The number of hydrogen-bond acceptors (Lipinski definition) is 3. The number of carbonyl (C=O) groups excluding carboxylic acids is 1. The Morgan fingerprint density at radius 1 is 1.43 bits per heavy atom. The highest BCUT2D eigenvalue weighted by Crippen LogP contribution is 2.24. The molecule has 0 spiro atoms. The molecule has 1 aromatic heterocycles. The molecule has 112 valence electrons. The summed E-state index contributed by atoms with van der Waals surface area (Å²) in [5, 5.41) is 4.46. The van der Waals surface area contributed by atoms with Crippen molar-refractivity contribution in [2.45, 2.75) is 33.2 Å². The van der Waals surface area contributed by atoms with Gasteiger partial charge < -0.3 is 4.74 Å². The summed E-state index contributed by atoms with van der Waals surface area (Å²) in [5.41, 5.74) is 3.40. The second kappa shape index (κ2) is 6.08. The molecule has 0 aliphatic carbocycles. The number of methoxy groups -OCH3 is 1. The van der Waals surface area contributed by atoms with Crippen molar-refractivity contribution in [3.63, 3.8) is 0 Å². The Balaban J connectivity index is 2.33. The van der Waals surface area contributed by atoms with Crippen LogP contribution in [0.1, 0.15) is 35.4 Å². The van der Waals surface area contributed by atoms with Crippen molar-refractivity contribution in [2.24, 2.45) is 0 Å². The van der Waals surface area contributed by atoms with Crippen LogP contribution in [-0.4, -0.2) is 22.9 Å². The maximum Gasteiger partial charge on any atom is 0.312 e. The average molecular weight is 290 g/mol. The Morgan fingerprint density at radius 3 is 2.76 bits per heavy atom. The van der Waals surface area contributed by atoms with Gasteiger partial charge in [0.15, 0.2) is 0 Å². The fraction of sp³-hybridized carbons (Fsp3) is 0.375. The van der Waals surface area contributed by atoms with Gasteiger partial charge in [0.2, 0.25) is 0 Å². The summed E-state index contributed by atoms with van der Waals surface area (Å²) >= 11 is 0. The first kappa shape index (κ1) is 15.2. The summed E-state index contributed by atoms with van der Waals surface area (Å²) in [6.07, 6.45) is 0. The van der Waals surface area contributed by atoms with Crippen molar-refractivity contribution in [2.75, 3.05) is 7.11 Å². The minimum atomic E-state index is -0.365. The van der Waals surface area contributed by atoms with Crippen LogP contribution in [0.4, 0.5) is 4.39 Å². The maximum absolute atomic E-state index is 13.2. The SMILES string of the molecule is COC(=O)C(C)c1c(C)nn(Cc2cccc(F)c2)c1C. The van der Waals surface area contributed by atoms with Gasteiger partial charge in [0, 0.05) is 11.3 Å². The van der Waals surface area contributed by atoms with Crippen LogP contribution in [0.25, 0.3) is 0 Å². The van der Waals surface area contributed by atoms with Crippen LogP contribution < -0.4 is 0 Å². The van der Waals surface area contributed by atoms with Gasteiger partial charge in [0.05, 0.1) is 25.3 Å². The number of rotatable bonds is 4. The molecule has 0 aliphatic rings. The van der Waals surface area contributed by atoms with Gasteiger partial charge in [0.25, 0.3) is 0 Å². The van der Waals surface area contributed by atoms with E-state index in [2.05, 4.69) is 5.10 Å². The highest BCUT2D eigenvalue weighted by atomic mass is 19.1. The van der Waals surface area contributed by atoms with Crippen LogP contribution in [0.3, 0.4) is 0 Å². The van der Waals surface area contributed by atoms with Gasteiger partial charge in [-0.2, -0.15) is 5.10 Å². The van der Waals surface area contributed by atoms with Crippen molar-refractivity contribution < 1.29 is 13.9 Å². The monoisotopic (exact) mass is 290 g/mol. The van der Waals surface area contributed by atoms with Gasteiger partial charge in [-0.3, -0.25) is 9.48 Å². The van der Waals surface area contributed by atoms with Crippen molar-refractivity contribution in [3.05, 3.63) is 52.6 Å². The predicted octanol–water partition coefficient (Wildman–Crippen LogP) is 2.96. The molecule has 1 aromatic carbocycles. The van der Waals surface area contributed by atoms with Crippen LogP contribution in [0.2, 0.25) is 0 Å². The van der Waals surface area contributed by atoms with E-state index in [1.54, 1.807) is 17.7 Å². The van der Waals surface area contributed by atoms with Gasteiger partial charge in [-0.05, 0) is 38.5 Å². The van der Waals surface area contributed by atoms with Crippen molar-refractivity contribution in [1.82, 2.24) is 9.78 Å². The largest absolute Gasteiger partial charge is 0.469 e. The van der Waals surface area contributed by atoms with Crippen LogP contribution in [0.5, 0.6) is 0 Å². The van der Waals surface area contributed by atoms with E-state index in [1.165, 1.54) is 19.2 Å². The number of esters is 1. The lowest BCUT2D eigenvalue weighted by Crippen LogP contribution is -2.13. The summed E-state index contributed by atoms with van der Waals surface area (Å²) in [6.45, 7) is 6.05. The van der Waals surface area contributed by atoms with E-state index in [4.69, 9.17) is 4.74 Å². The van der Waals surface area contributed by atoms with E-state index >= 15 is 0 Å². The van der Waals surface area contributed by atoms with E-state index < -0.39 is 0 Å². The zero-order chi connectivity index (χ0) is 15.6. The summed E-state index contributed by atoms with van der Waals surface area (Å²) in [4.78, 5) is 11.7. The smallest absolute Gasteiger partial charge is 0.312 e. The molecule has 5 heteroatoms. The molecule has 0 saturated carbocycles. The molecule has 0 fully saturated rings. The molecule has 0 bridgehead atoms. The first-order valence-corrected chi connectivity index (χ1v) is 6.80. The zero-order valence-corrected chi connectivity index (χ0v) is 12.7. The lowest BCUT2D eigenvalue weighted by Gasteiger charge is -2.10. The normalized spacial score (nSPS) is 12.2. The summed E-state index contributed by atoms with van der Waals surface area (Å²) in [7, 11) is 1.38. The molecule has 0 saturated heterocycles. The highest BCUT2D eigenvalue weighted by molar-refractivity contribution is 5.78. The molecular formula is C16H19FN2O2. The topological polar surface area (TPSA) is 44.1 Å². The number of aromatic nitrogens is 2.